The molecule has 6 nitrogen and oxygen atoms in total. The number of hydrogen-bond donors (Lipinski definition) is 1. The lowest BCUT2D eigenvalue weighted by molar-refractivity contribution is -0.384. The second-order valence-corrected chi connectivity index (χ2v) is 3.78. The number of nitro benzene ring substituents is 1. The molecule has 0 spiro atoms. The first-order chi connectivity index (χ1) is 8.54. The van der Waals surface area contributed by atoms with Gasteiger partial charge in [0.2, 0.25) is 0 Å². The summed E-state index contributed by atoms with van der Waals surface area (Å²) in [5, 5.41) is 13.5. The third-order valence-electron chi connectivity index (χ3n) is 2.37. The van der Waals surface area contributed by atoms with Crippen molar-refractivity contribution in [1.29, 1.82) is 0 Å². The van der Waals surface area contributed by atoms with Crippen molar-refractivity contribution in [1.82, 2.24) is 5.32 Å². The summed E-state index contributed by atoms with van der Waals surface area (Å²) in [4.78, 5) is 21.5. The van der Waals surface area contributed by atoms with Gasteiger partial charge in [0.05, 0.1) is 11.5 Å². The lowest BCUT2D eigenvalue weighted by Gasteiger charge is -2.12. The van der Waals surface area contributed by atoms with E-state index in [1.807, 2.05) is 0 Å². The molecule has 0 aliphatic rings. The highest BCUT2D eigenvalue weighted by Crippen LogP contribution is 2.12. The van der Waals surface area contributed by atoms with Gasteiger partial charge in [-0.2, -0.15) is 0 Å². The van der Waals surface area contributed by atoms with E-state index in [9.17, 15) is 14.9 Å². The van der Waals surface area contributed by atoms with Crippen molar-refractivity contribution in [3.63, 3.8) is 0 Å². The molecule has 0 aromatic heterocycles. The van der Waals surface area contributed by atoms with Gasteiger partial charge in [-0.3, -0.25) is 14.9 Å². The maximum absolute atomic E-state index is 11.3. The van der Waals surface area contributed by atoms with Crippen LogP contribution in [-0.2, 0) is 16.1 Å². The van der Waals surface area contributed by atoms with Crippen LogP contribution in [-0.4, -0.2) is 23.5 Å². The van der Waals surface area contributed by atoms with Crippen LogP contribution in [0.4, 0.5) is 5.69 Å². The Balaban J connectivity index is 2.55. The van der Waals surface area contributed by atoms with Gasteiger partial charge in [0.15, 0.2) is 0 Å². The van der Waals surface area contributed by atoms with Crippen LogP contribution in [0.2, 0.25) is 0 Å². The predicted octanol–water partition coefficient (Wildman–Crippen LogP) is 1.64. The van der Waals surface area contributed by atoms with Crippen LogP contribution in [0.25, 0.3) is 0 Å². The number of benzene rings is 1. The van der Waals surface area contributed by atoms with Gasteiger partial charge in [-0.25, -0.2) is 0 Å². The average molecular weight is 252 g/mol. The summed E-state index contributed by atoms with van der Waals surface area (Å²) in [6, 6.07) is 5.84. The molecule has 1 atom stereocenters. The minimum atomic E-state index is -0.446. The summed E-state index contributed by atoms with van der Waals surface area (Å²) in [6.07, 6.45) is 0. The highest BCUT2D eigenvalue weighted by atomic mass is 16.6. The quantitative estimate of drug-likeness (QED) is 0.473. The molecule has 1 unspecified atom stereocenters. The molecule has 1 aromatic carbocycles. The fourth-order valence-corrected chi connectivity index (χ4v) is 1.40. The number of ether oxygens (including phenoxy) is 1. The Bertz CT molecular complexity index is 434. The van der Waals surface area contributed by atoms with Crippen LogP contribution >= 0.6 is 0 Å². The minimum absolute atomic E-state index is 0.0399. The molecule has 0 heterocycles. The fourth-order valence-electron chi connectivity index (χ4n) is 1.40. The van der Waals surface area contributed by atoms with Crippen molar-refractivity contribution in [2.24, 2.45) is 0 Å². The van der Waals surface area contributed by atoms with E-state index in [1.54, 1.807) is 26.0 Å². The number of nitro groups is 1. The molecule has 0 radical (unpaired) electrons. The van der Waals surface area contributed by atoms with Crippen LogP contribution in [0.15, 0.2) is 24.3 Å². The van der Waals surface area contributed by atoms with Crippen molar-refractivity contribution < 1.29 is 14.5 Å². The van der Waals surface area contributed by atoms with Gasteiger partial charge in [-0.05, 0) is 19.4 Å². The fraction of sp³-hybridized carbons (Fsp3) is 0.417. The smallest absolute Gasteiger partial charge is 0.322 e. The predicted molar refractivity (Wildman–Crippen MR) is 66.0 cm³/mol. The number of hydrogen-bond acceptors (Lipinski definition) is 5. The van der Waals surface area contributed by atoms with Crippen LogP contribution in [0, 0.1) is 10.1 Å². The van der Waals surface area contributed by atoms with E-state index in [0.29, 0.717) is 13.2 Å². The SMILES string of the molecule is CCOC(=O)C(C)NCc1cccc([N+](=O)[O-])c1. The molecule has 0 saturated carbocycles. The van der Waals surface area contributed by atoms with Crippen molar-refractivity contribution in [3.8, 4) is 0 Å². The molecule has 0 amide bonds. The first kappa shape index (κ1) is 14.1. The van der Waals surface area contributed by atoms with Crippen LogP contribution in [0.5, 0.6) is 0 Å². The standard InChI is InChI=1S/C12H16N2O4/c1-3-18-12(15)9(2)13-8-10-5-4-6-11(7-10)14(16)17/h4-7,9,13H,3,8H2,1-2H3. The van der Waals surface area contributed by atoms with E-state index >= 15 is 0 Å². The summed E-state index contributed by atoms with van der Waals surface area (Å²) in [7, 11) is 0. The summed E-state index contributed by atoms with van der Waals surface area (Å²) in [5.41, 5.74) is 0.790. The Hall–Kier alpha value is -1.95. The van der Waals surface area contributed by atoms with Crippen molar-refractivity contribution in [2.75, 3.05) is 6.61 Å². The van der Waals surface area contributed by atoms with Crippen LogP contribution in [0.1, 0.15) is 19.4 Å². The zero-order chi connectivity index (χ0) is 13.5. The molecule has 0 aliphatic carbocycles. The van der Waals surface area contributed by atoms with Gasteiger partial charge in [0, 0.05) is 18.7 Å². The van der Waals surface area contributed by atoms with Gasteiger partial charge in [0.25, 0.3) is 5.69 Å². The molecule has 1 rings (SSSR count). The van der Waals surface area contributed by atoms with E-state index in [1.165, 1.54) is 12.1 Å². The van der Waals surface area contributed by atoms with Crippen molar-refractivity contribution in [3.05, 3.63) is 39.9 Å². The first-order valence-electron chi connectivity index (χ1n) is 5.68. The summed E-state index contributed by atoms with van der Waals surface area (Å²) < 4.78 is 4.84. The van der Waals surface area contributed by atoms with E-state index < -0.39 is 11.0 Å². The van der Waals surface area contributed by atoms with E-state index in [2.05, 4.69) is 5.32 Å². The van der Waals surface area contributed by atoms with Gasteiger partial charge < -0.3 is 10.1 Å². The zero-order valence-electron chi connectivity index (χ0n) is 10.4. The number of carbonyl (C=O) groups is 1. The molecule has 1 aromatic rings. The maximum atomic E-state index is 11.3. The number of nitrogens with one attached hydrogen (secondary N) is 1. The number of nitrogens with zero attached hydrogens (tertiary/aromatic N) is 1. The maximum Gasteiger partial charge on any atom is 0.322 e. The Morgan fingerprint density at radius 1 is 1.56 bits per heavy atom. The Kier molecular flexibility index (Phi) is 5.26. The minimum Gasteiger partial charge on any atom is -0.465 e. The van der Waals surface area contributed by atoms with Crippen molar-refractivity contribution in [2.45, 2.75) is 26.4 Å². The zero-order valence-corrected chi connectivity index (χ0v) is 10.4. The largest absolute Gasteiger partial charge is 0.465 e. The molecule has 6 heteroatoms. The number of carbonyl (C=O) groups excluding carboxylic acids is 1. The monoisotopic (exact) mass is 252 g/mol. The summed E-state index contributed by atoms with van der Waals surface area (Å²) in [6.45, 7) is 4.14. The molecule has 0 saturated heterocycles. The topological polar surface area (TPSA) is 81.5 Å². The lowest BCUT2D eigenvalue weighted by Crippen LogP contribution is -2.34. The second kappa shape index (κ2) is 6.70. The molecule has 98 valence electrons. The summed E-state index contributed by atoms with van der Waals surface area (Å²) in [5.74, 6) is -0.331. The normalized spacial score (nSPS) is 11.9. The van der Waals surface area contributed by atoms with Crippen LogP contribution < -0.4 is 5.32 Å². The molecule has 1 N–H and O–H groups in total. The van der Waals surface area contributed by atoms with Gasteiger partial charge >= 0.3 is 5.97 Å². The highest BCUT2D eigenvalue weighted by molar-refractivity contribution is 5.75. The molecule has 0 bridgehead atoms. The van der Waals surface area contributed by atoms with Gasteiger partial charge in [-0.15, -0.1) is 0 Å². The Morgan fingerprint density at radius 3 is 2.89 bits per heavy atom. The second-order valence-electron chi connectivity index (χ2n) is 3.78. The van der Waals surface area contributed by atoms with Crippen LogP contribution in [0.3, 0.4) is 0 Å². The molecular formula is C12H16N2O4. The summed E-state index contributed by atoms with van der Waals surface area (Å²) >= 11 is 0. The average Bonchev–Trinajstić information content (AvgIpc) is 2.36. The Morgan fingerprint density at radius 2 is 2.28 bits per heavy atom. The third kappa shape index (κ3) is 4.14. The number of esters is 1. The lowest BCUT2D eigenvalue weighted by atomic mass is 10.2. The van der Waals surface area contributed by atoms with Gasteiger partial charge in [0.1, 0.15) is 6.04 Å². The molecule has 18 heavy (non-hydrogen) atoms. The molecule has 0 fully saturated rings. The third-order valence-corrected chi connectivity index (χ3v) is 2.37. The number of non-ortho nitro benzene ring substituents is 1. The number of rotatable bonds is 6. The van der Waals surface area contributed by atoms with Gasteiger partial charge in [-0.1, -0.05) is 12.1 Å². The highest BCUT2D eigenvalue weighted by Gasteiger charge is 2.13. The first-order valence-corrected chi connectivity index (χ1v) is 5.68. The van der Waals surface area contributed by atoms with E-state index in [-0.39, 0.29) is 11.7 Å². The van der Waals surface area contributed by atoms with E-state index in [4.69, 9.17) is 4.74 Å². The molecular weight excluding hydrogens is 236 g/mol. The Labute approximate surface area is 105 Å². The molecule has 0 aliphatic heterocycles. The van der Waals surface area contributed by atoms with E-state index in [0.717, 1.165) is 5.56 Å². The van der Waals surface area contributed by atoms with Crippen molar-refractivity contribution >= 4 is 11.7 Å².